The molecule has 2 amide bonds. The number of hydrogen-bond donors (Lipinski definition) is 1. The molecule has 3 rings (SSSR count). The van der Waals surface area contributed by atoms with Crippen molar-refractivity contribution in [2.75, 3.05) is 24.5 Å². The molecular formula is C28H30Cl2FN3O5S. The van der Waals surface area contributed by atoms with Gasteiger partial charge in [0.05, 0.1) is 17.2 Å². The largest absolute Gasteiger partial charge is 0.494 e. The van der Waals surface area contributed by atoms with E-state index in [1.54, 1.807) is 37.3 Å². The Hall–Kier alpha value is -3.34. The molecule has 0 aliphatic carbocycles. The van der Waals surface area contributed by atoms with Gasteiger partial charge in [0.25, 0.3) is 10.0 Å². The number of hydrogen-bond acceptors (Lipinski definition) is 5. The maximum absolute atomic E-state index is 13.9. The molecule has 0 unspecified atom stereocenters. The first-order chi connectivity index (χ1) is 19.0. The van der Waals surface area contributed by atoms with Gasteiger partial charge in [-0.25, -0.2) is 12.8 Å². The molecule has 1 N–H and O–H groups in total. The third-order valence-corrected chi connectivity index (χ3v) is 8.63. The average molecular weight is 611 g/mol. The average Bonchev–Trinajstić information content (AvgIpc) is 2.93. The molecule has 0 radical (unpaired) electrons. The van der Waals surface area contributed by atoms with Gasteiger partial charge in [-0.2, -0.15) is 0 Å². The summed E-state index contributed by atoms with van der Waals surface area (Å²) in [4.78, 5) is 27.8. The highest BCUT2D eigenvalue weighted by atomic mass is 35.5. The molecular weight excluding hydrogens is 580 g/mol. The molecule has 3 aromatic carbocycles. The molecule has 0 aliphatic heterocycles. The van der Waals surface area contributed by atoms with E-state index >= 15 is 0 Å². The van der Waals surface area contributed by atoms with E-state index in [1.165, 1.54) is 24.1 Å². The molecule has 1 atom stereocenters. The molecule has 40 heavy (non-hydrogen) atoms. The predicted molar refractivity (Wildman–Crippen MR) is 154 cm³/mol. The lowest BCUT2D eigenvalue weighted by atomic mass is 10.1. The van der Waals surface area contributed by atoms with E-state index in [-0.39, 0.29) is 23.5 Å². The molecule has 0 bridgehead atoms. The fourth-order valence-electron chi connectivity index (χ4n) is 4.08. The van der Waals surface area contributed by atoms with Gasteiger partial charge in [-0.15, -0.1) is 0 Å². The summed E-state index contributed by atoms with van der Waals surface area (Å²) >= 11 is 12.8. The van der Waals surface area contributed by atoms with Crippen LogP contribution in [0.25, 0.3) is 0 Å². The minimum absolute atomic E-state index is 0.142. The summed E-state index contributed by atoms with van der Waals surface area (Å²) in [6, 6.07) is 14.4. The zero-order valence-electron chi connectivity index (χ0n) is 22.2. The van der Waals surface area contributed by atoms with Gasteiger partial charge < -0.3 is 15.0 Å². The van der Waals surface area contributed by atoms with Crippen LogP contribution in [0.2, 0.25) is 10.0 Å². The Labute approximate surface area is 243 Å². The Balaban J connectivity index is 2.09. The Morgan fingerprint density at radius 2 is 1.57 bits per heavy atom. The molecule has 0 fully saturated rings. The number of carbonyl (C=O) groups excluding carboxylic acids is 2. The molecule has 214 valence electrons. The highest BCUT2D eigenvalue weighted by Gasteiger charge is 2.34. The monoisotopic (exact) mass is 609 g/mol. The van der Waals surface area contributed by atoms with Crippen molar-refractivity contribution in [3.63, 3.8) is 0 Å². The first-order valence-electron chi connectivity index (χ1n) is 12.5. The summed E-state index contributed by atoms with van der Waals surface area (Å²) in [5.41, 5.74) is 0.584. The van der Waals surface area contributed by atoms with Crippen molar-refractivity contribution >= 4 is 50.7 Å². The van der Waals surface area contributed by atoms with Crippen molar-refractivity contribution in [1.29, 1.82) is 0 Å². The van der Waals surface area contributed by atoms with E-state index in [0.717, 1.165) is 28.6 Å². The summed E-state index contributed by atoms with van der Waals surface area (Å²) in [7, 11) is -2.90. The number of anilines is 1. The summed E-state index contributed by atoms with van der Waals surface area (Å²) < 4.78 is 47.6. The number of likely N-dealkylation sites (N-methyl/N-ethyl adjacent to an activating group) is 1. The van der Waals surface area contributed by atoms with E-state index in [9.17, 15) is 22.4 Å². The molecule has 0 spiro atoms. The Kier molecular flexibility index (Phi) is 10.8. The number of nitrogens with zero attached hydrogens (tertiary/aromatic N) is 2. The smallest absolute Gasteiger partial charge is 0.264 e. The highest BCUT2D eigenvalue weighted by Crippen LogP contribution is 2.29. The molecule has 0 heterocycles. The third kappa shape index (κ3) is 7.24. The van der Waals surface area contributed by atoms with E-state index in [0.29, 0.717) is 28.0 Å². The fourth-order valence-corrected chi connectivity index (χ4v) is 6.01. The topological polar surface area (TPSA) is 96.0 Å². The molecule has 12 heteroatoms. The second-order valence-corrected chi connectivity index (χ2v) is 11.3. The van der Waals surface area contributed by atoms with Crippen LogP contribution in [0.3, 0.4) is 0 Å². The summed E-state index contributed by atoms with van der Waals surface area (Å²) in [6.45, 7) is 3.15. The molecule has 8 nitrogen and oxygen atoms in total. The predicted octanol–water partition coefficient (Wildman–Crippen LogP) is 5.28. The fraction of sp³-hybridized carbons (Fsp3) is 0.286. The first kappa shape index (κ1) is 31.2. The zero-order chi connectivity index (χ0) is 29.4. The van der Waals surface area contributed by atoms with E-state index in [2.05, 4.69) is 5.32 Å². The van der Waals surface area contributed by atoms with E-state index in [4.69, 9.17) is 27.9 Å². The van der Waals surface area contributed by atoms with Crippen LogP contribution in [0.1, 0.15) is 25.8 Å². The molecule has 3 aromatic rings. The van der Waals surface area contributed by atoms with Crippen molar-refractivity contribution in [1.82, 2.24) is 10.2 Å². The van der Waals surface area contributed by atoms with Crippen LogP contribution >= 0.6 is 23.2 Å². The minimum atomic E-state index is -4.35. The van der Waals surface area contributed by atoms with Crippen LogP contribution in [0.5, 0.6) is 5.75 Å². The second-order valence-electron chi connectivity index (χ2n) is 8.65. The maximum atomic E-state index is 13.9. The van der Waals surface area contributed by atoms with Gasteiger partial charge in [-0.3, -0.25) is 13.9 Å². The Bertz CT molecular complexity index is 1420. The second kappa shape index (κ2) is 13.8. The van der Waals surface area contributed by atoms with Gasteiger partial charge in [-0.05, 0) is 74.0 Å². The molecule has 0 aliphatic rings. The normalized spacial score (nSPS) is 11.9. The highest BCUT2D eigenvalue weighted by molar-refractivity contribution is 7.92. The lowest BCUT2D eigenvalue weighted by molar-refractivity contribution is -0.140. The Morgan fingerprint density at radius 1 is 0.975 bits per heavy atom. The number of nitrogens with one attached hydrogen (secondary N) is 1. The van der Waals surface area contributed by atoms with Crippen LogP contribution in [-0.4, -0.2) is 51.4 Å². The van der Waals surface area contributed by atoms with Crippen LogP contribution in [0, 0.1) is 5.82 Å². The maximum Gasteiger partial charge on any atom is 0.264 e. The van der Waals surface area contributed by atoms with Crippen LogP contribution in [0.4, 0.5) is 10.1 Å². The van der Waals surface area contributed by atoms with E-state index in [1.807, 2.05) is 6.92 Å². The number of ether oxygens (including phenoxy) is 1. The zero-order valence-corrected chi connectivity index (χ0v) is 24.6. The molecule has 0 saturated heterocycles. The Morgan fingerprint density at radius 3 is 2.10 bits per heavy atom. The van der Waals surface area contributed by atoms with Crippen molar-refractivity contribution in [3.8, 4) is 5.75 Å². The standard InChI is InChI=1S/C28H30Cl2FN3O5S/c1-4-26(28(36)32-3)33(17-23-24(29)7-6-8-25(23)30)27(35)18-34(20-11-13-21(14-12-20)39-5-2)40(37,38)22-15-9-19(31)10-16-22/h6-16,26H,4-5,17-18H2,1-3H3,(H,32,36)/t26-/m0/s1. The van der Waals surface area contributed by atoms with Gasteiger partial charge in [0.15, 0.2) is 0 Å². The number of carbonyl (C=O) groups is 2. The minimum Gasteiger partial charge on any atom is -0.494 e. The van der Waals surface area contributed by atoms with Crippen molar-refractivity contribution < 1.29 is 27.1 Å². The number of amides is 2. The summed E-state index contributed by atoms with van der Waals surface area (Å²) in [6.07, 6.45) is 0.237. The number of halogens is 3. The van der Waals surface area contributed by atoms with Gasteiger partial charge in [0.2, 0.25) is 11.8 Å². The summed E-state index contributed by atoms with van der Waals surface area (Å²) in [5, 5.41) is 3.13. The quantitative estimate of drug-likeness (QED) is 0.301. The lowest BCUT2D eigenvalue weighted by Gasteiger charge is -2.33. The van der Waals surface area contributed by atoms with Crippen LogP contribution in [0.15, 0.2) is 71.6 Å². The number of benzene rings is 3. The van der Waals surface area contributed by atoms with Crippen molar-refractivity contribution in [2.24, 2.45) is 0 Å². The summed E-state index contributed by atoms with van der Waals surface area (Å²) in [5.74, 6) is -1.21. The SMILES string of the molecule is CCOc1ccc(N(CC(=O)N(Cc2c(Cl)cccc2Cl)[C@@H](CC)C(=O)NC)S(=O)(=O)c2ccc(F)cc2)cc1. The van der Waals surface area contributed by atoms with Crippen LogP contribution in [-0.2, 0) is 26.2 Å². The van der Waals surface area contributed by atoms with E-state index < -0.39 is 40.2 Å². The third-order valence-electron chi connectivity index (χ3n) is 6.14. The first-order valence-corrected chi connectivity index (χ1v) is 14.7. The lowest BCUT2D eigenvalue weighted by Crippen LogP contribution is -2.51. The van der Waals surface area contributed by atoms with Gasteiger partial charge in [-0.1, -0.05) is 36.2 Å². The van der Waals surface area contributed by atoms with Crippen molar-refractivity contribution in [3.05, 3.63) is 88.2 Å². The number of rotatable bonds is 12. The van der Waals surface area contributed by atoms with Gasteiger partial charge in [0.1, 0.15) is 24.2 Å². The molecule has 0 saturated carbocycles. The van der Waals surface area contributed by atoms with Gasteiger partial charge in [0, 0.05) is 29.2 Å². The van der Waals surface area contributed by atoms with Crippen LogP contribution < -0.4 is 14.4 Å². The number of sulfonamides is 1. The van der Waals surface area contributed by atoms with Gasteiger partial charge >= 0.3 is 0 Å². The molecule has 0 aromatic heterocycles. The van der Waals surface area contributed by atoms with Crippen molar-refractivity contribution in [2.45, 2.75) is 37.8 Å².